The maximum Gasteiger partial charge on any atom is 0.294 e. The van der Waals surface area contributed by atoms with Crippen molar-refractivity contribution in [1.82, 2.24) is 36.4 Å². The van der Waals surface area contributed by atoms with Gasteiger partial charge in [-0.15, -0.1) is 0 Å². The van der Waals surface area contributed by atoms with Gasteiger partial charge in [-0.25, -0.2) is 0 Å². The summed E-state index contributed by atoms with van der Waals surface area (Å²) in [6.45, 7) is 8.79. The van der Waals surface area contributed by atoms with Crippen LogP contribution in [0.1, 0.15) is 144 Å². The number of unbranched alkanes of at least 4 members (excludes halogenated alkanes) is 6. The second-order valence-corrected chi connectivity index (χ2v) is 28.9. The maximum atomic E-state index is 14.4. The Morgan fingerprint density at radius 3 is 1.60 bits per heavy atom. The lowest BCUT2D eigenvalue weighted by molar-refractivity contribution is -0.144. The molecule has 0 spiro atoms. The Labute approximate surface area is 598 Å². The normalized spacial score (nSPS) is 19.7. The number of nitrogens with zero attached hydrogens (tertiary/aromatic N) is 2. The Kier molecular flexibility index (Phi) is 31.0. The van der Waals surface area contributed by atoms with Gasteiger partial charge in [0.25, 0.3) is 26.1 Å². The van der Waals surface area contributed by atoms with Crippen molar-refractivity contribution in [3.63, 3.8) is 0 Å². The predicted molar refractivity (Wildman–Crippen MR) is 388 cm³/mol. The van der Waals surface area contributed by atoms with E-state index in [0.717, 1.165) is 51.1 Å². The molecule has 26 heteroatoms. The first-order chi connectivity index (χ1) is 48.7. The van der Waals surface area contributed by atoms with Crippen molar-refractivity contribution in [2.24, 2.45) is 5.73 Å². The summed E-state index contributed by atoms with van der Waals surface area (Å²) < 4.78 is 65.1. The van der Waals surface area contributed by atoms with Crippen molar-refractivity contribution in [1.29, 1.82) is 0 Å². The van der Waals surface area contributed by atoms with E-state index < -0.39 is 104 Å². The summed E-state index contributed by atoms with van der Waals surface area (Å²) in [5.41, 5.74) is 12.7. The number of ether oxygens (including phenoxy) is 1. The van der Waals surface area contributed by atoms with Crippen molar-refractivity contribution in [2.45, 2.75) is 189 Å². The average Bonchev–Trinajstić information content (AvgIpc) is 1.55. The topological polar surface area (TPSA) is 371 Å². The number of carbonyl (C=O) groups excluding carboxylic acids is 7. The van der Waals surface area contributed by atoms with Crippen LogP contribution in [0, 0.1) is 13.8 Å². The number of hydrogen-bond donors (Lipinski definition) is 10. The number of nitrogens with one attached hydrogen (secondary N) is 5. The average molecular weight is 1440 g/mol. The van der Waals surface area contributed by atoms with Gasteiger partial charge < -0.3 is 57.1 Å². The lowest BCUT2D eigenvalue weighted by atomic mass is 9.99. The number of hydrogen-bond acceptors (Lipinski definition) is 15. The van der Waals surface area contributed by atoms with E-state index >= 15 is 0 Å². The Morgan fingerprint density at radius 2 is 1.07 bits per heavy atom. The number of aliphatic hydroxyl groups is 1. The van der Waals surface area contributed by atoms with Crippen molar-refractivity contribution < 1.29 is 74.5 Å². The zero-order valence-corrected chi connectivity index (χ0v) is 60.1. The van der Waals surface area contributed by atoms with Crippen molar-refractivity contribution in [3.8, 4) is 33.8 Å². The van der Waals surface area contributed by atoms with Crippen LogP contribution < -0.4 is 37.1 Å². The van der Waals surface area contributed by atoms with Gasteiger partial charge in [0.15, 0.2) is 0 Å². The molecule has 0 unspecified atom stereocenters. The summed E-state index contributed by atoms with van der Waals surface area (Å²) in [6.07, 6.45) is 9.31. The molecule has 3 aliphatic rings. The molecular formula is C76H98N8O16S2. The highest BCUT2D eigenvalue weighted by molar-refractivity contribution is 7.86. The largest absolute Gasteiger partial charge is 0.508 e. The number of aliphatic hydroxyl groups excluding tert-OH is 1. The molecule has 3 fully saturated rings. The molecular weight excluding hydrogens is 1350 g/mol. The van der Waals surface area contributed by atoms with Crippen molar-refractivity contribution >= 4 is 61.6 Å². The van der Waals surface area contributed by atoms with Crippen LogP contribution in [0.15, 0.2) is 155 Å². The Hall–Kier alpha value is -9.05. The summed E-state index contributed by atoms with van der Waals surface area (Å²) in [5.74, 6) is -3.26. The van der Waals surface area contributed by atoms with E-state index in [-0.39, 0.29) is 72.8 Å². The van der Waals surface area contributed by atoms with Gasteiger partial charge in [0.1, 0.15) is 47.8 Å². The monoisotopic (exact) mass is 1440 g/mol. The third kappa shape index (κ3) is 24.6. The molecule has 7 atom stereocenters. The molecule has 550 valence electrons. The van der Waals surface area contributed by atoms with Crippen LogP contribution in [0.3, 0.4) is 0 Å². The fraction of sp³-hybridized carbons (Fsp3) is 0.434. The van der Waals surface area contributed by atoms with Gasteiger partial charge in [0.2, 0.25) is 35.4 Å². The van der Waals surface area contributed by atoms with E-state index in [1.54, 1.807) is 48.5 Å². The van der Waals surface area contributed by atoms with Crippen LogP contribution in [-0.2, 0) is 55.4 Å². The lowest BCUT2D eigenvalue weighted by Gasteiger charge is -2.32. The first-order valence-electron chi connectivity index (χ1n) is 35.0. The number of phenolic OH excluding ortho intramolecular Hbond substituents is 1. The fourth-order valence-corrected chi connectivity index (χ4v) is 13.2. The van der Waals surface area contributed by atoms with E-state index in [9.17, 15) is 60.6 Å². The molecule has 9 rings (SSSR count). The van der Waals surface area contributed by atoms with Crippen LogP contribution in [0.2, 0.25) is 0 Å². The molecule has 0 aromatic heterocycles. The minimum atomic E-state index is -4.02. The summed E-state index contributed by atoms with van der Waals surface area (Å²) >= 11 is 0. The van der Waals surface area contributed by atoms with E-state index in [0.29, 0.717) is 51.7 Å². The number of nitrogens with two attached hydrogens (primary N) is 1. The van der Waals surface area contributed by atoms with Crippen molar-refractivity contribution in [2.75, 3.05) is 32.8 Å². The number of benzene rings is 6. The third-order valence-electron chi connectivity index (χ3n) is 18.1. The van der Waals surface area contributed by atoms with E-state index in [1.165, 1.54) is 85.2 Å². The van der Waals surface area contributed by atoms with Gasteiger partial charge >= 0.3 is 0 Å². The SMILES string of the molecule is CCCCCCCCOc1ccc(-c2ccc(-c3ccc(C(=O)N[C@H]4CCCNC(=O)[C@@H]5CCCN5C(=O)[C@H](CCCCN)NC(=O)[C@H](CCc5ccc(O)cc5)NC(=O)[C@@H]5CCCN5C(=O)[C@H]([C@@H](C)O)NC4=O)cc3)cc2)cc1.Cc1ccc(S(=O)(=O)O)cc1.Cc1ccc(S(=O)(=O)O)cc1. The molecule has 11 N–H and O–H groups in total. The minimum Gasteiger partial charge on any atom is -0.508 e. The van der Waals surface area contributed by atoms with Gasteiger partial charge in [0, 0.05) is 25.2 Å². The highest BCUT2D eigenvalue weighted by atomic mass is 32.2. The number of amides is 7. The molecule has 3 aliphatic heterocycles. The molecule has 7 amide bonds. The maximum absolute atomic E-state index is 14.4. The highest BCUT2D eigenvalue weighted by Gasteiger charge is 2.42. The molecule has 0 saturated carbocycles. The molecule has 6 aromatic carbocycles. The van der Waals surface area contributed by atoms with E-state index in [4.69, 9.17) is 19.6 Å². The Bertz CT molecular complexity index is 3880. The first kappa shape index (κ1) is 80.3. The smallest absolute Gasteiger partial charge is 0.294 e. The van der Waals surface area contributed by atoms with E-state index in [2.05, 4.69) is 33.5 Å². The number of rotatable bonds is 22. The molecule has 0 radical (unpaired) electrons. The third-order valence-corrected chi connectivity index (χ3v) is 19.9. The number of aryl methyl sites for hydroxylation is 3. The fourth-order valence-electron chi connectivity index (χ4n) is 12.2. The molecule has 102 heavy (non-hydrogen) atoms. The molecule has 0 bridgehead atoms. The quantitative estimate of drug-likeness (QED) is 0.0225. The second-order valence-electron chi connectivity index (χ2n) is 26.0. The molecule has 6 aromatic rings. The summed E-state index contributed by atoms with van der Waals surface area (Å²) in [6, 6.07) is 34.7. The zero-order valence-electron chi connectivity index (χ0n) is 58.4. The predicted octanol–water partition coefficient (Wildman–Crippen LogP) is 8.54. The Morgan fingerprint density at radius 1 is 0.569 bits per heavy atom. The standard InChI is InChI=1S/C62H82N8O10.2C7H8O3S/c1-3-4-5-6-7-10-40-80-49-33-29-46(30-34-49)44-23-21-43(22-24-44)45-25-27-47(28-26-45)56(73)65-50-15-11-37-64-59(76)53-16-12-38-69(53)61(78)52(14-8-9-36-63)67-57(74)51(35-20-42-18-31-48(72)32-19-42)66-60(77)54-17-13-39-70(54)62(79)55(41(2)71)68-58(50)75;2*1-6-2-4-7(5-3-6)11(8,9)10/h18-19,21-34,41,50-55,71-72H,3-17,20,35-40,63H2,1-2H3,(H,64,76)(H,65,73)(H,66,77)(H,67,74)(H,68,75);2*2-5H,1H3,(H,8,9,10)/t41-,50+,51+,52+,53+,54+,55+;;/m1../s1. The van der Waals surface area contributed by atoms with Gasteiger partial charge in [0.05, 0.1) is 22.5 Å². The molecule has 3 saturated heterocycles. The Balaban J connectivity index is 0.000000560. The van der Waals surface area contributed by atoms with Gasteiger partial charge in [-0.1, -0.05) is 135 Å². The summed E-state index contributed by atoms with van der Waals surface area (Å²) in [4.78, 5) is 102. The lowest BCUT2D eigenvalue weighted by Crippen LogP contribution is -2.61. The first-order valence-corrected chi connectivity index (χ1v) is 37.9. The van der Waals surface area contributed by atoms with Crippen molar-refractivity contribution in [3.05, 3.63) is 168 Å². The number of phenols is 1. The van der Waals surface area contributed by atoms with E-state index in [1.807, 2.05) is 74.5 Å². The van der Waals surface area contributed by atoms with Gasteiger partial charge in [-0.05, 0) is 193 Å². The molecule has 3 heterocycles. The molecule has 0 aliphatic carbocycles. The minimum absolute atomic E-state index is 0.0147. The summed E-state index contributed by atoms with van der Waals surface area (Å²) in [7, 11) is -8.04. The van der Waals surface area contributed by atoms with Crippen LogP contribution in [-0.4, -0.2) is 162 Å². The number of fused-ring (bicyclic) bond motifs is 2. The van der Waals surface area contributed by atoms with Crippen LogP contribution in [0.5, 0.6) is 11.5 Å². The van der Waals surface area contributed by atoms with Gasteiger partial charge in [-0.3, -0.25) is 42.7 Å². The van der Waals surface area contributed by atoms with Gasteiger partial charge in [-0.2, -0.15) is 16.8 Å². The second kappa shape index (κ2) is 39.4. The van der Waals surface area contributed by atoms with Crippen LogP contribution in [0.25, 0.3) is 22.3 Å². The zero-order chi connectivity index (χ0) is 73.9. The molecule has 24 nitrogen and oxygen atoms in total. The highest BCUT2D eigenvalue weighted by Crippen LogP contribution is 2.29. The summed E-state index contributed by atoms with van der Waals surface area (Å²) in [5, 5.41) is 35.1. The van der Waals surface area contributed by atoms with Crippen LogP contribution in [0.4, 0.5) is 0 Å². The number of carbonyl (C=O) groups is 7. The van der Waals surface area contributed by atoms with Crippen LogP contribution >= 0.6 is 0 Å². The number of aromatic hydroxyl groups is 1.